The molecule has 3 aromatic rings. The molecule has 7 heteroatoms. The second kappa shape index (κ2) is 13.2. The van der Waals surface area contributed by atoms with Gasteiger partial charge in [0.1, 0.15) is 18.1 Å². The fraction of sp³-hybridized carbons (Fsp3) is 0.367. The molecule has 4 rings (SSSR count). The van der Waals surface area contributed by atoms with E-state index in [-0.39, 0.29) is 24.5 Å². The average Bonchev–Trinajstić information content (AvgIpc) is 2.93. The maximum atomic E-state index is 13.7. The number of fused-ring (bicyclic) bond motifs is 1. The highest BCUT2D eigenvalue weighted by Gasteiger charge is 2.28. The average molecular weight is 520 g/mol. The maximum Gasteiger partial charge on any atom is 0.272 e. The van der Waals surface area contributed by atoms with Crippen LogP contribution in [0.5, 0.6) is 5.75 Å². The molecule has 6 nitrogen and oxygen atoms in total. The summed E-state index contributed by atoms with van der Waals surface area (Å²) in [6.07, 6.45) is 5.87. The third-order valence-corrected chi connectivity index (χ3v) is 6.98. The van der Waals surface area contributed by atoms with E-state index in [1.807, 2.05) is 59.2 Å². The number of benzene rings is 2. The number of rotatable bonds is 4. The molecular weight excluding hydrogens is 486 g/mol. The molecule has 0 saturated carbocycles. The molecule has 2 heterocycles. The van der Waals surface area contributed by atoms with Crippen LogP contribution < -0.4 is 4.74 Å². The van der Waals surface area contributed by atoms with E-state index in [4.69, 9.17) is 16.3 Å². The van der Waals surface area contributed by atoms with E-state index < -0.39 is 0 Å². The van der Waals surface area contributed by atoms with Crippen molar-refractivity contribution in [2.75, 3.05) is 26.2 Å². The summed E-state index contributed by atoms with van der Waals surface area (Å²) < 4.78 is 6.33. The second-order valence-corrected chi connectivity index (χ2v) is 9.75. The van der Waals surface area contributed by atoms with Crippen LogP contribution >= 0.6 is 11.6 Å². The molecule has 1 aliphatic heterocycles. The third-order valence-electron chi connectivity index (χ3n) is 6.76. The lowest BCUT2D eigenvalue weighted by atomic mass is 10.0. The first kappa shape index (κ1) is 26.7. The Kier molecular flexibility index (Phi) is 9.55. The molecule has 0 spiro atoms. The molecule has 1 aromatic heterocycles. The molecular formula is C30H34ClN3O3. The number of pyridine rings is 1. The maximum absolute atomic E-state index is 13.7. The van der Waals surface area contributed by atoms with Gasteiger partial charge in [-0.1, -0.05) is 66.9 Å². The Balaban J connectivity index is 1.68. The van der Waals surface area contributed by atoms with E-state index >= 15 is 0 Å². The lowest BCUT2D eigenvalue weighted by Crippen LogP contribution is -2.46. The summed E-state index contributed by atoms with van der Waals surface area (Å²) >= 11 is 6.03. The van der Waals surface area contributed by atoms with Crippen molar-refractivity contribution in [2.45, 2.75) is 45.1 Å². The molecule has 1 atom stereocenters. The lowest BCUT2D eigenvalue weighted by molar-refractivity contribution is 0.0592. The number of carbonyl (C=O) groups is 2. The highest BCUT2D eigenvalue weighted by atomic mass is 35.5. The van der Waals surface area contributed by atoms with Crippen molar-refractivity contribution in [3.05, 3.63) is 94.8 Å². The first-order valence-electron chi connectivity index (χ1n) is 13.0. The van der Waals surface area contributed by atoms with Gasteiger partial charge in [0.25, 0.3) is 11.8 Å². The Morgan fingerprint density at radius 1 is 0.973 bits per heavy atom. The number of carbonyl (C=O) groups excluding carboxylic acids is 2. The first-order valence-corrected chi connectivity index (χ1v) is 13.4. The fourth-order valence-electron chi connectivity index (χ4n) is 4.71. The van der Waals surface area contributed by atoms with E-state index in [2.05, 4.69) is 17.1 Å². The van der Waals surface area contributed by atoms with Crippen molar-refractivity contribution in [3.63, 3.8) is 0 Å². The summed E-state index contributed by atoms with van der Waals surface area (Å²) in [6, 6.07) is 20.6. The van der Waals surface area contributed by atoms with Gasteiger partial charge in [-0.15, -0.1) is 0 Å². The highest BCUT2D eigenvalue weighted by molar-refractivity contribution is 6.30. The molecule has 194 valence electrons. The van der Waals surface area contributed by atoms with Crippen molar-refractivity contribution in [1.29, 1.82) is 0 Å². The van der Waals surface area contributed by atoms with Crippen molar-refractivity contribution >= 4 is 23.4 Å². The van der Waals surface area contributed by atoms with E-state index in [1.165, 1.54) is 6.20 Å². The van der Waals surface area contributed by atoms with E-state index in [1.54, 1.807) is 12.1 Å². The molecule has 2 aromatic carbocycles. The molecule has 0 saturated heterocycles. The van der Waals surface area contributed by atoms with E-state index in [9.17, 15) is 9.59 Å². The monoisotopic (exact) mass is 519 g/mol. The smallest absolute Gasteiger partial charge is 0.272 e. The molecule has 0 N–H and O–H groups in total. The van der Waals surface area contributed by atoms with Crippen LogP contribution in [0.3, 0.4) is 0 Å². The standard InChI is InChI=1S/C30H34ClN3O3/c1-2-33-18-10-3-4-11-19-34(30(36)27-17-16-24(31)21-32-27)25(20-23-12-6-5-7-13-23)22-37-28-15-9-8-14-26(28)29(33)35/h5-9,12-17,21,25H,2-4,10-11,18-20,22H2,1H3/t25-/m0/s1. The number of para-hydroxylation sites is 1. The van der Waals surface area contributed by atoms with Gasteiger partial charge in [0.05, 0.1) is 16.6 Å². The number of halogens is 1. The van der Waals surface area contributed by atoms with Crippen LogP contribution in [0.25, 0.3) is 0 Å². The minimum absolute atomic E-state index is 0.0203. The molecule has 0 fully saturated rings. The van der Waals surface area contributed by atoms with Crippen LogP contribution in [0.4, 0.5) is 0 Å². The Morgan fingerprint density at radius 3 is 2.43 bits per heavy atom. The lowest BCUT2D eigenvalue weighted by Gasteiger charge is -2.32. The fourth-order valence-corrected chi connectivity index (χ4v) is 4.82. The van der Waals surface area contributed by atoms with Crippen molar-refractivity contribution in [3.8, 4) is 5.75 Å². The number of ether oxygens (including phenoxy) is 1. The van der Waals surface area contributed by atoms with E-state index in [0.717, 1.165) is 31.2 Å². The van der Waals surface area contributed by atoms with Crippen LogP contribution in [-0.4, -0.2) is 58.9 Å². The van der Waals surface area contributed by atoms with Gasteiger partial charge in [0.2, 0.25) is 0 Å². The topological polar surface area (TPSA) is 62.7 Å². The van der Waals surface area contributed by atoms with Crippen LogP contribution in [-0.2, 0) is 6.42 Å². The normalized spacial score (nSPS) is 17.5. The predicted octanol–water partition coefficient (Wildman–Crippen LogP) is 5.90. The largest absolute Gasteiger partial charge is 0.491 e. The quantitative estimate of drug-likeness (QED) is 0.430. The van der Waals surface area contributed by atoms with Gasteiger partial charge in [0, 0.05) is 25.8 Å². The number of aromatic nitrogens is 1. The summed E-state index contributed by atoms with van der Waals surface area (Å²) in [5, 5.41) is 0.490. The molecule has 1 aliphatic rings. The summed E-state index contributed by atoms with van der Waals surface area (Å²) in [7, 11) is 0. The molecule has 0 bridgehead atoms. The van der Waals surface area contributed by atoms with Crippen molar-refractivity contribution in [2.24, 2.45) is 0 Å². The number of hydrogen-bond acceptors (Lipinski definition) is 4. The molecule has 0 aliphatic carbocycles. The summed E-state index contributed by atoms with van der Waals surface area (Å²) in [5.41, 5.74) is 2.02. The first-order chi connectivity index (χ1) is 18.1. The number of amides is 2. The Morgan fingerprint density at radius 2 is 1.70 bits per heavy atom. The SMILES string of the molecule is CCN1CCCCCCN(C(=O)c2ccc(Cl)cn2)[C@@H](Cc2ccccc2)COc2ccccc2C1=O. The van der Waals surface area contributed by atoms with E-state index in [0.29, 0.717) is 48.1 Å². The molecule has 0 unspecified atom stereocenters. The zero-order chi connectivity index (χ0) is 26.0. The minimum atomic E-state index is -0.249. The summed E-state index contributed by atoms with van der Waals surface area (Å²) in [6.45, 7) is 4.22. The van der Waals surface area contributed by atoms with Crippen LogP contribution in [0.15, 0.2) is 72.9 Å². The van der Waals surface area contributed by atoms with Crippen molar-refractivity contribution < 1.29 is 14.3 Å². The van der Waals surface area contributed by atoms with Gasteiger partial charge in [-0.2, -0.15) is 0 Å². The Hall–Kier alpha value is -3.38. The van der Waals surface area contributed by atoms with Gasteiger partial charge in [0.15, 0.2) is 0 Å². The molecule has 37 heavy (non-hydrogen) atoms. The molecule has 0 radical (unpaired) electrons. The summed E-state index contributed by atoms with van der Waals surface area (Å²) in [4.78, 5) is 35.2. The number of hydrogen-bond donors (Lipinski definition) is 0. The highest BCUT2D eigenvalue weighted by Crippen LogP contribution is 2.23. The Labute approximate surface area is 224 Å². The van der Waals surface area contributed by atoms with Gasteiger partial charge in [-0.3, -0.25) is 9.59 Å². The van der Waals surface area contributed by atoms with Gasteiger partial charge >= 0.3 is 0 Å². The van der Waals surface area contributed by atoms with Crippen LogP contribution in [0.1, 0.15) is 59.0 Å². The molecule has 2 amide bonds. The van der Waals surface area contributed by atoms with Crippen molar-refractivity contribution in [1.82, 2.24) is 14.8 Å². The summed E-state index contributed by atoms with van der Waals surface area (Å²) in [5.74, 6) is 0.376. The third kappa shape index (κ3) is 7.10. The number of nitrogens with zero attached hydrogens (tertiary/aromatic N) is 3. The van der Waals surface area contributed by atoms with Gasteiger partial charge in [-0.05, 0) is 56.0 Å². The zero-order valence-electron chi connectivity index (χ0n) is 21.3. The zero-order valence-corrected chi connectivity index (χ0v) is 22.1. The minimum Gasteiger partial charge on any atom is -0.491 e. The second-order valence-electron chi connectivity index (χ2n) is 9.31. The van der Waals surface area contributed by atoms with Crippen LogP contribution in [0.2, 0.25) is 5.02 Å². The van der Waals surface area contributed by atoms with Gasteiger partial charge < -0.3 is 14.5 Å². The Bertz CT molecular complexity index is 1170. The van der Waals surface area contributed by atoms with Crippen LogP contribution in [0, 0.1) is 0 Å². The van der Waals surface area contributed by atoms with Gasteiger partial charge in [-0.25, -0.2) is 4.98 Å². The predicted molar refractivity (Wildman–Crippen MR) is 146 cm³/mol.